The molecule has 0 spiro atoms. The summed E-state index contributed by atoms with van der Waals surface area (Å²) >= 11 is 0. The van der Waals surface area contributed by atoms with E-state index in [1.165, 1.54) is 28.0 Å². The maximum absolute atomic E-state index is 2.47. The predicted molar refractivity (Wildman–Crippen MR) is 89.9 cm³/mol. The van der Waals surface area contributed by atoms with Crippen LogP contribution in [0.15, 0.2) is 66.2 Å². The molecule has 0 aromatic heterocycles. The highest BCUT2D eigenvalue weighted by Gasteiger charge is 2.26. The van der Waals surface area contributed by atoms with Gasteiger partial charge in [-0.3, -0.25) is 0 Å². The molecular formula is C20H22N+. The molecule has 0 N–H and O–H groups in total. The standard InChI is InChI=1S/C20H22N/c1-3-21-15-14-19(16(21)2)20(17-10-6-4-7-11-17)18-12-8-5-9-13-18/h4-13H,3,14-15H2,1-2H3/q+1. The summed E-state index contributed by atoms with van der Waals surface area (Å²) in [5, 5.41) is 0. The lowest BCUT2D eigenvalue weighted by atomic mass is 9.90. The summed E-state index contributed by atoms with van der Waals surface area (Å²) < 4.78 is 2.47. The maximum Gasteiger partial charge on any atom is 0.176 e. The lowest BCUT2D eigenvalue weighted by molar-refractivity contribution is -0.516. The first-order chi connectivity index (χ1) is 10.3. The van der Waals surface area contributed by atoms with Gasteiger partial charge in [0.15, 0.2) is 5.71 Å². The Labute approximate surface area is 127 Å². The summed E-state index contributed by atoms with van der Waals surface area (Å²) in [7, 11) is 0. The molecule has 0 bridgehead atoms. The van der Waals surface area contributed by atoms with Gasteiger partial charge in [0.1, 0.15) is 13.1 Å². The molecule has 1 heterocycles. The molecule has 0 aliphatic carbocycles. The second-order valence-electron chi connectivity index (χ2n) is 5.50. The van der Waals surface area contributed by atoms with Crippen LogP contribution in [0.5, 0.6) is 0 Å². The quantitative estimate of drug-likeness (QED) is 0.732. The molecular weight excluding hydrogens is 254 g/mol. The van der Waals surface area contributed by atoms with E-state index in [0.29, 0.717) is 0 Å². The van der Waals surface area contributed by atoms with Crippen molar-refractivity contribution in [3.8, 4) is 0 Å². The highest BCUT2D eigenvalue weighted by molar-refractivity contribution is 6.06. The van der Waals surface area contributed by atoms with Crippen LogP contribution in [-0.4, -0.2) is 23.4 Å². The Morgan fingerprint density at radius 1 is 0.905 bits per heavy atom. The highest BCUT2D eigenvalue weighted by atomic mass is 15.0. The minimum atomic E-state index is 1.09. The van der Waals surface area contributed by atoms with Gasteiger partial charge in [-0.2, -0.15) is 0 Å². The fourth-order valence-electron chi connectivity index (χ4n) is 3.21. The summed E-state index contributed by atoms with van der Waals surface area (Å²) in [4.78, 5) is 0. The van der Waals surface area contributed by atoms with E-state index < -0.39 is 0 Å². The van der Waals surface area contributed by atoms with Crippen LogP contribution < -0.4 is 0 Å². The van der Waals surface area contributed by atoms with Gasteiger partial charge in [-0.25, -0.2) is 4.58 Å². The fourth-order valence-corrected chi connectivity index (χ4v) is 3.21. The molecule has 1 nitrogen and oxygen atoms in total. The maximum atomic E-state index is 2.47. The summed E-state index contributed by atoms with van der Waals surface area (Å²) in [6, 6.07) is 21.5. The van der Waals surface area contributed by atoms with Gasteiger partial charge in [-0.15, -0.1) is 0 Å². The Morgan fingerprint density at radius 3 is 1.86 bits per heavy atom. The molecule has 21 heavy (non-hydrogen) atoms. The molecule has 0 saturated carbocycles. The van der Waals surface area contributed by atoms with E-state index in [9.17, 15) is 0 Å². The van der Waals surface area contributed by atoms with E-state index in [1.54, 1.807) is 0 Å². The minimum absolute atomic E-state index is 1.09. The molecule has 0 atom stereocenters. The van der Waals surface area contributed by atoms with Gasteiger partial charge in [0.2, 0.25) is 0 Å². The smallest absolute Gasteiger partial charge is 0.176 e. The Bertz CT molecular complexity index is 637. The van der Waals surface area contributed by atoms with Crippen LogP contribution >= 0.6 is 0 Å². The molecule has 1 aliphatic heterocycles. The lowest BCUT2D eigenvalue weighted by Gasteiger charge is -2.11. The SMILES string of the molecule is CC[N+]1=C(C)C(=C(c2ccccc2)c2ccccc2)CC1. The molecule has 2 aromatic carbocycles. The molecule has 3 rings (SSSR count). The number of hydrogen-bond acceptors (Lipinski definition) is 0. The van der Waals surface area contributed by atoms with Crippen molar-refractivity contribution in [1.82, 2.24) is 0 Å². The third kappa shape index (κ3) is 2.69. The van der Waals surface area contributed by atoms with Crippen molar-refractivity contribution in [2.75, 3.05) is 13.1 Å². The second kappa shape index (κ2) is 6.09. The van der Waals surface area contributed by atoms with Gasteiger partial charge in [-0.05, 0) is 23.6 Å². The summed E-state index contributed by atoms with van der Waals surface area (Å²) in [6.07, 6.45) is 1.14. The average Bonchev–Trinajstić information content (AvgIpc) is 2.91. The van der Waals surface area contributed by atoms with Crippen molar-refractivity contribution < 1.29 is 4.58 Å². The first kappa shape index (κ1) is 13.8. The van der Waals surface area contributed by atoms with Gasteiger partial charge in [0.25, 0.3) is 0 Å². The van der Waals surface area contributed by atoms with Crippen molar-refractivity contribution in [1.29, 1.82) is 0 Å². The van der Waals surface area contributed by atoms with Crippen molar-refractivity contribution in [3.63, 3.8) is 0 Å². The van der Waals surface area contributed by atoms with Gasteiger partial charge in [-0.1, -0.05) is 60.7 Å². The van der Waals surface area contributed by atoms with Crippen molar-refractivity contribution in [3.05, 3.63) is 77.4 Å². The molecule has 2 aromatic rings. The third-order valence-corrected chi connectivity index (χ3v) is 4.35. The monoisotopic (exact) mass is 276 g/mol. The van der Waals surface area contributed by atoms with E-state index in [2.05, 4.69) is 79.1 Å². The van der Waals surface area contributed by atoms with Crippen molar-refractivity contribution in [2.45, 2.75) is 20.3 Å². The Morgan fingerprint density at radius 2 is 1.43 bits per heavy atom. The zero-order valence-electron chi connectivity index (χ0n) is 12.8. The Kier molecular flexibility index (Phi) is 4.01. The van der Waals surface area contributed by atoms with Crippen LogP contribution in [0.25, 0.3) is 5.57 Å². The molecule has 1 heteroatoms. The normalized spacial score (nSPS) is 14.7. The lowest BCUT2D eigenvalue weighted by Crippen LogP contribution is -2.12. The number of benzene rings is 2. The first-order valence-electron chi connectivity index (χ1n) is 7.74. The molecule has 0 unspecified atom stereocenters. The van der Waals surface area contributed by atoms with Crippen LogP contribution in [-0.2, 0) is 0 Å². The van der Waals surface area contributed by atoms with Crippen LogP contribution in [0.3, 0.4) is 0 Å². The molecule has 1 aliphatic rings. The third-order valence-electron chi connectivity index (χ3n) is 4.35. The summed E-state index contributed by atoms with van der Waals surface area (Å²) in [5.41, 5.74) is 6.95. The van der Waals surface area contributed by atoms with E-state index >= 15 is 0 Å². The number of nitrogens with zero attached hydrogens (tertiary/aromatic N) is 1. The molecule has 106 valence electrons. The van der Waals surface area contributed by atoms with Gasteiger partial charge >= 0.3 is 0 Å². The van der Waals surface area contributed by atoms with Crippen molar-refractivity contribution >= 4 is 11.3 Å². The largest absolute Gasteiger partial charge is 0.233 e. The minimum Gasteiger partial charge on any atom is -0.233 e. The molecule has 0 fully saturated rings. The summed E-state index contributed by atoms with van der Waals surface area (Å²) in [6.45, 7) is 6.72. The molecule has 0 radical (unpaired) electrons. The zero-order chi connectivity index (χ0) is 14.7. The van der Waals surface area contributed by atoms with E-state index in [4.69, 9.17) is 0 Å². The van der Waals surface area contributed by atoms with Gasteiger partial charge < -0.3 is 0 Å². The van der Waals surface area contributed by atoms with Crippen LogP contribution in [0, 0.1) is 0 Å². The molecule has 0 amide bonds. The Hall–Kier alpha value is -2.15. The zero-order valence-corrected chi connectivity index (χ0v) is 12.8. The predicted octanol–water partition coefficient (Wildman–Crippen LogP) is 4.39. The first-order valence-corrected chi connectivity index (χ1v) is 7.74. The Balaban J connectivity index is 2.22. The van der Waals surface area contributed by atoms with E-state index in [1.807, 2.05) is 0 Å². The summed E-state index contributed by atoms with van der Waals surface area (Å²) in [5.74, 6) is 0. The topological polar surface area (TPSA) is 3.01 Å². The van der Waals surface area contributed by atoms with Crippen molar-refractivity contribution in [2.24, 2.45) is 0 Å². The number of hydrogen-bond donors (Lipinski definition) is 0. The van der Waals surface area contributed by atoms with Crippen LogP contribution in [0.4, 0.5) is 0 Å². The van der Waals surface area contributed by atoms with Crippen LogP contribution in [0.2, 0.25) is 0 Å². The second-order valence-corrected chi connectivity index (χ2v) is 5.50. The molecule has 0 saturated heterocycles. The number of rotatable bonds is 3. The van der Waals surface area contributed by atoms with E-state index in [0.717, 1.165) is 19.5 Å². The van der Waals surface area contributed by atoms with Gasteiger partial charge in [0.05, 0.1) is 0 Å². The highest BCUT2D eigenvalue weighted by Crippen LogP contribution is 2.31. The van der Waals surface area contributed by atoms with E-state index in [-0.39, 0.29) is 0 Å². The fraction of sp³-hybridized carbons (Fsp3) is 0.250. The average molecular weight is 276 g/mol. The van der Waals surface area contributed by atoms with Gasteiger partial charge in [0, 0.05) is 18.9 Å². The van der Waals surface area contributed by atoms with Crippen LogP contribution in [0.1, 0.15) is 31.4 Å².